The van der Waals surface area contributed by atoms with E-state index >= 15 is 0 Å². The molecule has 1 aliphatic heterocycles. The molecule has 1 aliphatic rings. The molecule has 0 aliphatic carbocycles. The van der Waals surface area contributed by atoms with E-state index in [-0.39, 0.29) is 11.3 Å². The average Bonchev–Trinajstić information content (AvgIpc) is 2.85. The number of fused-ring (bicyclic) bond motifs is 1. The summed E-state index contributed by atoms with van der Waals surface area (Å²) in [4.78, 5) is 26.0. The van der Waals surface area contributed by atoms with Gasteiger partial charge in [0.15, 0.2) is 0 Å². The third-order valence-corrected chi connectivity index (χ3v) is 8.54. The predicted octanol–water partition coefficient (Wildman–Crippen LogP) is 4.61. The Morgan fingerprint density at radius 2 is 1.72 bits per heavy atom. The van der Waals surface area contributed by atoms with Crippen LogP contribution in [0, 0.1) is 13.8 Å². The van der Waals surface area contributed by atoms with Crippen LogP contribution in [0.3, 0.4) is 0 Å². The van der Waals surface area contributed by atoms with Gasteiger partial charge in [-0.2, -0.15) is 0 Å². The Morgan fingerprint density at radius 1 is 1.03 bits per heavy atom. The number of hydrogen-bond donors (Lipinski definition) is 2. The van der Waals surface area contributed by atoms with Crippen molar-refractivity contribution in [1.29, 1.82) is 0 Å². The van der Waals surface area contributed by atoms with Crippen LogP contribution in [0.4, 0.5) is 11.4 Å². The molecule has 2 N–H and O–H groups in total. The summed E-state index contributed by atoms with van der Waals surface area (Å²) in [6, 6.07) is 18.4. The fourth-order valence-electron chi connectivity index (χ4n) is 4.29. The maximum absolute atomic E-state index is 14.0. The number of rotatable bonds is 8. The lowest BCUT2D eigenvalue weighted by Gasteiger charge is -2.37. The molecule has 0 spiro atoms. The molecule has 1 heterocycles. The smallest absolute Gasteiger partial charge is 0.265 e. The predicted molar refractivity (Wildman–Crippen MR) is 142 cm³/mol. The highest BCUT2D eigenvalue weighted by molar-refractivity contribution is 7.93. The molecule has 3 aromatic carbocycles. The van der Waals surface area contributed by atoms with Crippen molar-refractivity contribution >= 4 is 44.8 Å². The van der Waals surface area contributed by atoms with Gasteiger partial charge in [0.05, 0.1) is 22.7 Å². The fraction of sp³-hybridized carbons (Fsp3) is 0.259. The molecular formula is C27H28ClN3O4S. The van der Waals surface area contributed by atoms with Gasteiger partial charge in [-0.3, -0.25) is 13.9 Å². The average molecular weight is 526 g/mol. The lowest BCUT2D eigenvalue weighted by atomic mass is 10.1. The maximum Gasteiger partial charge on any atom is 0.265 e. The Labute approximate surface area is 216 Å². The zero-order valence-corrected chi connectivity index (χ0v) is 21.7. The number of nitrogens with zero attached hydrogens (tertiary/aromatic N) is 1. The Morgan fingerprint density at radius 3 is 2.47 bits per heavy atom. The molecule has 0 saturated heterocycles. The molecule has 2 amide bonds. The van der Waals surface area contributed by atoms with Crippen molar-refractivity contribution in [3.8, 4) is 0 Å². The molecule has 3 aromatic rings. The van der Waals surface area contributed by atoms with Crippen molar-refractivity contribution in [1.82, 2.24) is 5.32 Å². The lowest BCUT2D eigenvalue weighted by Crippen LogP contribution is -2.52. The molecule has 0 aromatic heterocycles. The van der Waals surface area contributed by atoms with Crippen LogP contribution in [0.5, 0.6) is 0 Å². The van der Waals surface area contributed by atoms with Gasteiger partial charge >= 0.3 is 0 Å². The number of sulfonamides is 1. The SMILES string of the molecule is Cc1cc(S(=O)(=O)N2c3ccccc3NC(=O)C2CC(=O)NCCCc2ccccc2)c(C)cc1Cl. The van der Waals surface area contributed by atoms with Crippen LogP contribution in [0.25, 0.3) is 0 Å². The standard InChI is InChI=1S/C27H28ClN3O4S/c1-18-16-25(19(2)15-21(18)28)36(34,35)31-23-13-7-6-12-22(23)30-27(33)24(31)17-26(32)29-14-8-11-20-9-4-3-5-10-20/h3-7,9-10,12-13,15-16,24H,8,11,14,17H2,1-2H3,(H,29,32)(H,30,33). The van der Waals surface area contributed by atoms with Crippen LogP contribution in [0.2, 0.25) is 5.02 Å². The molecule has 1 unspecified atom stereocenters. The van der Waals surface area contributed by atoms with Gasteiger partial charge in [0.1, 0.15) is 6.04 Å². The van der Waals surface area contributed by atoms with Gasteiger partial charge in [-0.1, -0.05) is 54.1 Å². The first-order chi connectivity index (χ1) is 17.2. The van der Waals surface area contributed by atoms with E-state index in [0.29, 0.717) is 34.1 Å². The maximum atomic E-state index is 14.0. The quantitative estimate of drug-likeness (QED) is 0.420. The van der Waals surface area contributed by atoms with Gasteiger partial charge in [-0.15, -0.1) is 0 Å². The summed E-state index contributed by atoms with van der Waals surface area (Å²) in [5.41, 5.74) is 2.90. The number of hydrogen-bond acceptors (Lipinski definition) is 4. The summed E-state index contributed by atoms with van der Waals surface area (Å²) in [6.45, 7) is 3.79. The summed E-state index contributed by atoms with van der Waals surface area (Å²) in [5, 5.41) is 6.03. The third-order valence-electron chi connectivity index (χ3n) is 6.16. The molecule has 9 heteroatoms. The highest BCUT2D eigenvalue weighted by Crippen LogP contribution is 2.38. The lowest BCUT2D eigenvalue weighted by molar-refractivity contribution is -0.125. The van der Waals surface area contributed by atoms with E-state index in [9.17, 15) is 18.0 Å². The summed E-state index contributed by atoms with van der Waals surface area (Å²) in [5.74, 6) is -0.952. The first kappa shape index (κ1) is 25.7. The second kappa shape index (κ2) is 10.7. The highest BCUT2D eigenvalue weighted by Gasteiger charge is 2.42. The molecule has 4 rings (SSSR count). The van der Waals surface area contributed by atoms with Crippen molar-refractivity contribution in [2.75, 3.05) is 16.2 Å². The van der Waals surface area contributed by atoms with Crippen molar-refractivity contribution in [3.05, 3.63) is 88.4 Å². The summed E-state index contributed by atoms with van der Waals surface area (Å²) < 4.78 is 29.0. The molecule has 0 saturated carbocycles. The van der Waals surface area contributed by atoms with E-state index in [2.05, 4.69) is 10.6 Å². The number of benzene rings is 3. The molecular weight excluding hydrogens is 498 g/mol. The van der Waals surface area contributed by atoms with Crippen molar-refractivity contribution in [2.24, 2.45) is 0 Å². The number of anilines is 2. The van der Waals surface area contributed by atoms with E-state index in [4.69, 9.17) is 11.6 Å². The number of halogens is 1. The summed E-state index contributed by atoms with van der Waals surface area (Å²) in [7, 11) is -4.20. The number of para-hydroxylation sites is 2. The van der Waals surface area contributed by atoms with Gasteiger partial charge in [-0.25, -0.2) is 8.42 Å². The van der Waals surface area contributed by atoms with Gasteiger partial charge in [-0.05, 0) is 67.6 Å². The van der Waals surface area contributed by atoms with Crippen LogP contribution in [-0.4, -0.2) is 32.8 Å². The number of carbonyl (C=O) groups excluding carboxylic acids is 2. The van der Waals surface area contributed by atoms with Crippen molar-refractivity contribution < 1.29 is 18.0 Å². The Bertz CT molecular complexity index is 1390. The molecule has 0 bridgehead atoms. The van der Waals surface area contributed by atoms with Crippen molar-refractivity contribution in [2.45, 2.75) is 44.0 Å². The monoisotopic (exact) mass is 525 g/mol. The molecule has 7 nitrogen and oxygen atoms in total. The van der Waals surface area contributed by atoms with E-state index in [1.165, 1.54) is 11.6 Å². The normalized spacial score (nSPS) is 15.2. The van der Waals surface area contributed by atoms with E-state index in [0.717, 1.165) is 17.1 Å². The number of carbonyl (C=O) groups is 2. The zero-order chi connectivity index (χ0) is 25.9. The van der Waals surface area contributed by atoms with Gasteiger partial charge < -0.3 is 10.6 Å². The van der Waals surface area contributed by atoms with Crippen LogP contribution < -0.4 is 14.9 Å². The first-order valence-corrected chi connectivity index (χ1v) is 13.5. The van der Waals surface area contributed by atoms with Crippen LogP contribution in [0.15, 0.2) is 71.6 Å². The summed E-state index contributed by atoms with van der Waals surface area (Å²) in [6.07, 6.45) is 1.21. The van der Waals surface area contributed by atoms with Gasteiger partial charge in [0, 0.05) is 11.6 Å². The minimum absolute atomic E-state index is 0.0437. The van der Waals surface area contributed by atoms with E-state index < -0.39 is 27.9 Å². The Balaban J connectivity index is 1.58. The summed E-state index contributed by atoms with van der Waals surface area (Å²) >= 11 is 6.20. The molecule has 0 radical (unpaired) electrons. The number of aryl methyl sites for hydroxylation is 3. The third kappa shape index (κ3) is 5.39. The van der Waals surface area contributed by atoms with Gasteiger partial charge in [0.25, 0.3) is 10.0 Å². The Hall–Kier alpha value is -3.36. The molecule has 36 heavy (non-hydrogen) atoms. The molecule has 1 atom stereocenters. The van der Waals surface area contributed by atoms with Crippen LogP contribution in [-0.2, 0) is 26.0 Å². The number of amides is 2. The molecule has 188 valence electrons. The zero-order valence-electron chi connectivity index (χ0n) is 20.1. The molecule has 0 fully saturated rings. The minimum Gasteiger partial charge on any atom is -0.356 e. The Kier molecular flexibility index (Phi) is 7.66. The number of nitrogens with one attached hydrogen (secondary N) is 2. The van der Waals surface area contributed by atoms with Gasteiger partial charge in [0.2, 0.25) is 11.8 Å². The first-order valence-electron chi connectivity index (χ1n) is 11.7. The van der Waals surface area contributed by atoms with Crippen molar-refractivity contribution in [3.63, 3.8) is 0 Å². The second-order valence-corrected chi connectivity index (χ2v) is 11.0. The largest absolute Gasteiger partial charge is 0.356 e. The van der Waals surface area contributed by atoms with E-state index in [1.54, 1.807) is 44.2 Å². The topological polar surface area (TPSA) is 95.6 Å². The highest BCUT2D eigenvalue weighted by atomic mass is 35.5. The van der Waals surface area contributed by atoms with Crippen LogP contribution >= 0.6 is 11.6 Å². The fourth-order valence-corrected chi connectivity index (χ4v) is 6.43. The minimum atomic E-state index is -4.20. The second-order valence-electron chi connectivity index (χ2n) is 8.83. The van der Waals surface area contributed by atoms with Crippen LogP contribution in [0.1, 0.15) is 29.5 Å². The van der Waals surface area contributed by atoms with E-state index in [1.807, 2.05) is 30.3 Å².